The fourth-order valence-corrected chi connectivity index (χ4v) is 8.54. The number of carbonyl (C=O) groups excluding carboxylic acids is 2. The number of benzene rings is 2. The quantitative estimate of drug-likeness (QED) is 0.188. The van der Waals surface area contributed by atoms with Crippen LogP contribution >= 0.6 is 22.6 Å². The van der Waals surface area contributed by atoms with Crippen LogP contribution in [0.1, 0.15) is 56.6 Å². The van der Waals surface area contributed by atoms with E-state index < -0.39 is 11.8 Å². The number of carbonyl (C=O) groups is 2. The second-order valence-electron chi connectivity index (χ2n) is 12.8. The number of rotatable bonds is 10. The Hall–Kier alpha value is -2.73. The smallest absolute Gasteiger partial charge is 0.234 e. The second-order valence-corrected chi connectivity index (χ2v) is 13.9. The van der Waals surface area contributed by atoms with Gasteiger partial charge in [0.1, 0.15) is 0 Å². The van der Waals surface area contributed by atoms with Gasteiger partial charge in [0.05, 0.1) is 41.8 Å². The molecule has 0 bridgehead atoms. The highest BCUT2D eigenvalue weighted by Gasteiger charge is 2.58. The normalized spacial score (nSPS) is 26.0. The van der Waals surface area contributed by atoms with Crippen molar-refractivity contribution in [1.82, 2.24) is 9.80 Å². The molecule has 0 spiro atoms. The van der Waals surface area contributed by atoms with Crippen LogP contribution in [0.4, 0.5) is 0 Å². The summed E-state index contributed by atoms with van der Waals surface area (Å²) < 4.78 is 12.4. The van der Waals surface area contributed by atoms with Crippen molar-refractivity contribution in [3.63, 3.8) is 0 Å². The van der Waals surface area contributed by atoms with Crippen molar-refractivity contribution in [3.05, 3.63) is 73.9 Å². The number of phenolic OH excluding ortho intramolecular Hbond substituents is 1. The summed E-state index contributed by atoms with van der Waals surface area (Å²) in [5.41, 5.74) is 5.41. The number of methoxy groups -OCH3 is 1. The number of likely N-dealkylation sites (tertiary alicyclic amines) is 2. The molecule has 4 aliphatic rings. The first-order chi connectivity index (χ1) is 21.8. The van der Waals surface area contributed by atoms with Gasteiger partial charge in [-0.3, -0.25) is 19.4 Å². The molecule has 9 heteroatoms. The average Bonchev–Trinajstić information content (AvgIpc) is 3.59. The summed E-state index contributed by atoms with van der Waals surface area (Å²) in [6.45, 7) is 5.01. The first-order valence-electron chi connectivity index (χ1n) is 16.2. The molecule has 2 N–H and O–H groups in total. The van der Waals surface area contributed by atoms with Crippen molar-refractivity contribution in [2.75, 3.05) is 33.4 Å². The summed E-state index contributed by atoms with van der Waals surface area (Å²) in [6.07, 6.45) is 6.37. The summed E-state index contributed by atoms with van der Waals surface area (Å²) in [5.74, 6) is -0.477. The van der Waals surface area contributed by atoms with E-state index in [1.807, 2.05) is 18.2 Å². The molecule has 3 fully saturated rings. The van der Waals surface area contributed by atoms with Crippen LogP contribution in [0.5, 0.6) is 11.5 Å². The number of aliphatic hydroxyl groups excluding tert-OH is 1. The summed E-state index contributed by atoms with van der Waals surface area (Å²) in [6, 6.07) is 14.1. The van der Waals surface area contributed by atoms with E-state index in [9.17, 15) is 19.8 Å². The first-order valence-corrected chi connectivity index (χ1v) is 17.2. The molecular weight excluding hydrogens is 683 g/mol. The third kappa shape index (κ3) is 6.46. The molecular formula is C36H43IN2O6. The highest BCUT2D eigenvalue weighted by Crippen LogP contribution is 2.50. The van der Waals surface area contributed by atoms with Gasteiger partial charge in [0.2, 0.25) is 11.8 Å². The van der Waals surface area contributed by atoms with Crippen LogP contribution in [0.25, 0.3) is 6.08 Å². The van der Waals surface area contributed by atoms with Crippen molar-refractivity contribution < 1.29 is 29.3 Å². The molecule has 8 nitrogen and oxygen atoms in total. The molecule has 0 saturated carbocycles. The molecule has 4 atom stereocenters. The van der Waals surface area contributed by atoms with Gasteiger partial charge in [-0.25, -0.2) is 0 Å². The molecule has 45 heavy (non-hydrogen) atoms. The Morgan fingerprint density at radius 2 is 1.87 bits per heavy atom. The fourth-order valence-electron chi connectivity index (χ4n) is 7.92. The molecule has 1 aliphatic carbocycles. The number of piperidine rings is 1. The molecule has 2 amide bonds. The zero-order valence-electron chi connectivity index (χ0n) is 26.1. The van der Waals surface area contributed by atoms with Gasteiger partial charge in [0.25, 0.3) is 0 Å². The minimum Gasteiger partial charge on any atom is -0.504 e. The topological polar surface area (TPSA) is 99.5 Å². The number of ether oxygens (including phenoxy) is 2. The number of allylic oxidation sites excluding steroid dienone is 1. The number of aliphatic hydroxyl groups is 1. The Morgan fingerprint density at radius 1 is 1.11 bits per heavy atom. The van der Waals surface area contributed by atoms with Gasteiger partial charge < -0.3 is 19.7 Å². The van der Waals surface area contributed by atoms with Crippen molar-refractivity contribution >= 4 is 40.5 Å². The maximum Gasteiger partial charge on any atom is 0.234 e. The molecule has 0 unspecified atom stereocenters. The second kappa shape index (κ2) is 13.9. The van der Waals surface area contributed by atoms with Crippen LogP contribution in [-0.2, 0) is 20.9 Å². The SMILES string of the molecule is CC/C(=C\c1cc(I)c(O)c(OC)c1)CC[C@H]1OC[C@H]2C1=C(CO)C[C@H]1C(=O)N(C3CCN(Cc4ccccc4)CC3)C(=O)[C@H]12. The molecule has 240 valence electrons. The molecule has 6 rings (SSSR count). The number of fused-ring (bicyclic) bond motifs is 3. The molecule has 3 heterocycles. The van der Waals surface area contributed by atoms with Crippen molar-refractivity contribution in [1.29, 1.82) is 0 Å². The lowest BCUT2D eigenvalue weighted by molar-refractivity contribution is -0.144. The van der Waals surface area contributed by atoms with E-state index in [1.54, 1.807) is 12.0 Å². The number of hydrogen-bond donors (Lipinski definition) is 2. The molecule has 0 aromatic heterocycles. The minimum atomic E-state index is -0.406. The summed E-state index contributed by atoms with van der Waals surface area (Å²) >= 11 is 2.11. The van der Waals surface area contributed by atoms with E-state index in [0.717, 1.165) is 72.0 Å². The fraction of sp³-hybridized carbons (Fsp3) is 0.500. The molecule has 0 radical (unpaired) electrons. The Kier molecular flexibility index (Phi) is 9.99. The summed E-state index contributed by atoms with van der Waals surface area (Å²) in [4.78, 5) is 31.8. The minimum absolute atomic E-state index is 0.0414. The Morgan fingerprint density at radius 3 is 2.56 bits per heavy atom. The maximum absolute atomic E-state index is 14.0. The number of amides is 2. The molecule has 2 aromatic carbocycles. The van der Waals surface area contributed by atoms with Crippen LogP contribution in [0.3, 0.4) is 0 Å². The average molecular weight is 727 g/mol. The van der Waals surface area contributed by atoms with Gasteiger partial charge in [-0.05, 0) is 95.5 Å². The lowest BCUT2D eigenvalue weighted by Gasteiger charge is -2.36. The van der Waals surface area contributed by atoms with Gasteiger partial charge in [0.15, 0.2) is 11.5 Å². The number of imide groups is 1. The van der Waals surface area contributed by atoms with E-state index in [1.165, 1.54) is 11.1 Å². The van der Waals surface area contributed by atoms with Crippen molar-refractivity contribution in [3.8, 4) is 11.5 Å². The summed E-state index contributed by atoms with van der Waals surface area (Å²) in [7, 11) is 1.55. The van der Waals surface area contributed by atoms with Gasteiger partial charge in [-0.1, -0.05) is 48.9 Å². The lowest BCUT2D eigenvalue weighted by Crippen LogP contribution is -2.47. The standard InChI is InChI=1S/C36H43IN2O6/c1-3-22(15-24-16-29(37)34(41)31(17-24)44-2)9-10-30-32-25(20-40)18-27-33(28(32)21-45-30)36(43)39(35(27)42)26-11-13-38(14-12-26)19-23-7-5-4-6-8-23/h4-8,15-17,26-28,30,33,40-41H,3,9-14,18-21H2,1-2H3/b22-15+/t27-,28+,30-,33-/m1/s1. The highest BCUT2D eigenvalue weighted by atomic mass is 127. The Balaban J connectivity index is 1.13. The zero-order chi connectivity index (χ0) is 31.7. The predicted octanol–water partition coefficient (Wildman–Crippen LogP) is 5.55. The lowest BCUT2D eigenvalue weighted by atomic mass is 9.69. The molecule has 2 aromatic rings. The van der Waals surface area contributed by atoms with Gasteiger partial charge in [0, 0.05) is 31.6 Å². The van der Waals surface area contributed by atoms with Crippen molar-refractivity contribution in [2.24, 2.45) is 17.8 Å². The van der Waals surface area contributed by atoms with E-state index in [4.69, 9.17) is 9.47 Å². The number of phenols is 1. The summed E-state index contributed by atoms with van der Waals surface area (Å²) in [5, 5.41) is 20.7. The van der Waals surface area contributed by atoms with Gasteiger partial charge in [-0.2, -0.15) is 0 Å². The third-order valence-corrected chi connectivity index (χ3v) is 11.0. The van der Waals surface area contributed by atoms with Crippen LogP contribution in [0, 0.1) is 21.3 Å². The Labute approximate surface area is 279 Å². The van der Waals surface area contributed by atoms with E-state index in [-0.39, 0.29) is 42.2 Å². The molecule has 3 saturated heterocycles. The van der Waals surface area contributed by atoms with Crippen LogP contribution < -0.4 is 4.74 Å². The largest absolute Gasteiger partial charge is 0.504 e. The van der Waals surface area contributed by atoms with E-state index in [2.05, 4.69) is 64.8 Å². The van der Waals surface area contributed by atoms with Crippen LogP contribution in [0.2, 0.25) is 0 Å². The number of halogens is 1. The number of nitrogens with zero attached hydrogens (tertiary/aromatic N) is 2. The van der Waals surface area contributed by atoms with Crippen LogP contribution in [0.15, 0.2) is 59.2 Å². The highest BCUT2D eigenvalue weighted by molar-refractivity contribution is 14.1. The number of hydrogen-bond acceptors (Lipinski definition) is 7. The third-order valence-electron chi connectivity index (χ3n) is 10.2. The van der Waals surface area contributed by atoms with Gasteiger partial charge in [-0.15, -0.1) is 0 Å². The number of aromatic hydroxyl groups is 1. The van der Waals surface area contributed by atoms with Crippen LogP contribution in [-0.4, -0.2) is 77.4 Å². The maximum atomic E-state index is 14.0. The monoisotopic (exact) mass is 726 g/mol. The van der Waals surface area contributed by atoms with E-state index in [0.29, 0.717) is 18.8 Å². The molecule has 3 aliphatic heterocycles. The first kappa shape index (κ1) is 32.2. The Bertz CT molecular complexity index is 1480. The van der Waals surface area contributed by atoms with Crippen molar-refractivity contribution in [2.45, 2.75) is 64.1 Å². The zero-order valence-corrected chi connectivity index (χ0v) is 28.2. The predicted molar refractivity (Wildman–Crippen MR) is 180 cm³/mol. The van der Waals surface area contributed by atoms with E-state index >= 15 is 0 Å². The van der Waals surface area contributed by atoms with Gasteiger partial charge >= 0.3 is 0 Å².